The highest BCUT2D eigenvalue weighted by molar-refractivity contribution is 5.79. The summed E-state index contributed by atoms with van der Waals surface area (Å²) < 4.78 is 11.0. The number of aliphatic imine (C=N–C) groups is 1. The summed E-state index contributed by atoms with van der Waals surface area (Å²) in [6.07, 6.45) is 2.22. The maximum absolute atomic E-state index is 5.82. The quantitative estimate of drug-likeness (QED) is 0.433. The van der Waals surface area contributed by atoms with Crippen molar-refractivity contribution in [2.24, 2.45) is 4.99 Å². The van der Waals surface area contributed by atoms with Gasteiger partial charge in [-0.05, 0) is 57.5 Å². The fraction of sp³-hybridized carbons (Fsp3) is 0.667. The highest BCUT2D eigenvalue weighted by Gasteiger charge is 2.11. The van der Waals surface area contributed by atoms with Crippen molar-refractivity contribution in [2.75, 3.05) is 54.5 Å². The molecule has 0 amide bonds. The second-order valence-electron chi connectivity index (χ2n) is 7.01. The first-order valence-electron chi connectivity index (χ1n) is 9.84. The van der Waals surface area contributed by atoms with Gasteiger partial charge in [-0.3, -0.25) is 4.99 Å². The minimum absolute atomic E-state index is 0.189. The van der Waals surface area contributed by atoms with Crippen LogP contribution in [0.5, 0.6) is 5.75 Å². The second-order valence-corrected chi connectivity index (χ2v) is 7.01. The molecule has 6 heteroatoms. The number of methoxy groups -OCH3 is 1. The third kappa shape index (κ3) is 9.63. The summed E-state index contributed by atoms with van der Waals surface area (Å²) in [5, 5.41) is 6.79. The molecule has 0 saturated heterocycles. The summed E-state index contributed by atoms with van der Waals surface area (Å²) >= 11 is 0. The Balaban J connectivity index is 2.37. The van der Waals surface area contributed by atoms with Gasteiger partial charge >= 0.3 is 0 Å². The SMILES string of the molecule is CCOC(CCN(C)C)CNC(=NC)NCCC(C)c1ccc(OC)cc1. The van der Waals surface area contributed by atoms with Gasteiger partial charge in [0.25, 0.3) is 0 Å². The first-order chi connectivity index (χ1) is 13.0. The number of hydrogen-bond acceptors (Lipinski definition) is 4. The Kier molecular flexibility index (Phi) is 11.5. The van der Waals surface area contributed by atoms with Gasteiger partial charge in [0.15, 0.2) is 5.96 Å². The predicted octanol–water partition coefficient (Wildman–Crippen LogP) is 2.71. The van der Waals surface area contributed by atoms with Crippen molar-refractivity contribution in [3.8, 4) is 5.75 Å². The van der Waals surface area contributed by atoms with E-state index in [4.69, 9.17) is 9.47 Å². The first-order valence-corrected chi connectivity index (χ1v) is 9.84. The van der Waals surface area contributed by atoms with E-state index in [1.54, 1.807) is 14.2 Å². The van der Waals surface area contributed by atoms with E-state index in [2.05, 4.69) is 53.7 Å². The van der Waals surface area contributed by atoms with Crippen LogP contribution >= 0.6 is 0 Å². The van der Waals surface area contributed by atoms with E-state index in [1.165, 1.54) is 5.56 Å². The van der Waals surface area contributed by atoms with Crippen LogP contribution in [0.2, 0.25) is 0 Å². The van der Waals surface area contributed by atoms with Gasteiger partial charge in [-0.1, -0.05) is 19.1 Å². The van der Waals surface area contributed by atoms with E-state index < -0.39 is 0 Å². The van der Waals surface area contributed by atoms with Crippen LogP contribution in [-0.2, 0) is 4.74 Å². The Morgan fingerprint density at radius 2 is 1.85 bits per heavy atom. The molecule has 2 N–H and O–H groups in total. The molecule has 2 unspecified atom stereocenters. The van der Waals surface area contributed by atoms with Crippen LogP contribution < -0.4 is 15.4 Å². The molecule has 0 radical (unpaired) electrons. The first kappa shape index (κ1) is 23.2. The number of rotatable bonds is 12. The second kappa shape index (κ2) is 13.4. The number of guanidine groups is 1. The van der Waals surface area contributed by atoms with Gasteiger partial charge in [-0.25, -0.2) is 0 Å². The molecule has 0 bridgehead atoms. The van der Waals surface area contributed by atoms with Gasteiger partial charge in [0.1, 0.15) is 5.75 Å². The molecule has 0 aromatic heterocycles. The molecular weight excluding hydrogens is 340 g/mol. The fourth-order valence-electron chi connectivity index (χ4n) is 2.82. The van der Waals surface area contributed by atoms with Crippen molar-refractivity contribution in [1.82, 2.24) is 15.5 Å². The lowest BCUT2D eigenvalue weighted by Gasteiger charge is -2.21. The van der Waals surface area contributed by atoms with Gasteiger partial charge in [-0.2, -0.15) is 0 Å². The van der Waals surface area contributed by atoms with Crippen LogP contribution in [0.4, 0.5) is 0 Å². The third-order valence-corrected chi connectivity index (χ3v) is 4.58. The average Bonchev–Trinajstić information content (AvgIpc) is 2.68. The summed E-state index contributed by atoms with van der Waals surface area (Å²) in [7, 11) is 7.66. The smallest absolute Gasteiger partial charge is 0.191 e. The van der Waals surface area contributed by atoms with E-state index in [9.17, 15) is 0 Å². The zero-order valence-corrected chi connectivity index (χ0v) is 17.9. The average molecular weight is 379 g/mol. The van der Waals surface area contributed by atoms with Gasteiger partial charge in [0.05, 0.1) is 13.2 Å². The lowest BCUT2D eigenvalue weighted by molar-refractivity contribution is 0.0548. The van der Waals surface area contributed by atoms with Crippen molar-refractivity contribution in [3.05, 3.63) is 29.8 Å². The Morgan fingerprint density at radius 1 is 1.15 bits per heavy atom. The van der Waals surface area contributed by atoms with Gasteiger partial charge in [0.2, 0.25) is 0 Å². The van der Waals surface area contributed by atoms with E-state index in [0.29, 0.717) is 5.92 Å². The van der Waals surface area contributed by atoms with Crippen LogP contribution in [-0.4, -0.2) is 71.5 Å². The van der Waals surface area contributed by atoms with Crippen molar-refractivity contribution in [2.45, 2.75) is 38.7 Å². The van der Waals surface area contributed by atoms with Gasteiger partial charge < -0.3 is 25.0 Å². The van der Waals surface area contributed by atoms with Crippen LogP contribution in [0, 0.1) is 0 Å². The van der Waals surface area contributed by atoms with Crippen molar-refractivity contribution < 1.29 is 9.47 Å². The van der Waals surface area contributed by atoms with E-state index in [-0.39, 0.29) is 6.10 Å². The maximum Gasteiger partial charge on any atom is 0.191 e. The molecule has 27 heavy (non-hydrogen) atoms. The lowest BCUT2D eigenvalue weighted by Crippen LogP contribution is -2.42. The summed E-state index contributed by atoms with van der Waals surface area (Å²) in [6, 6.07) is 8.30. The minimum atomic E-state index is 0.189. The highest BCUT2D eigenvalue weighted by Crippen LogP contribution is 2.21. The molecule has 1 aromatic carbocycles. The molecule has 0 spiro atoms. The standard InChI is InChI=1S/C21H38N4O2/c1-7-27-20(13-15-25(4)5)16-24-21(22-3)23-14-12-17(2)18-8-10-19(26-6)11-9-18/h8-11,17,20H,7,12-16H2,1-6H3,(H2,22,23,24). The lowest BCUT2D eigenvalue weighted by atomic mass is 9.98. The number of nitrogens with zero attached hydrogens (tertiary/aromatic N) is 2. The topological polar surface area (TPSA) is 58.1 Å². The summed E-state index contributed by atoms with van der Waals surface area (Å²) in [4.78, 5) is 6.50. The third-order valence-electron chi connectivity index (χ3n) is 4.58. The van der Waals surface area contributed by atoms with Crippen molar-refractivity contribution in [3.63, 3.8) is 0 Å². The molecular formula is C21H38N4O2. The van der Waals surface area contributed by atoms with Crippen LogP contribution in [0.25, 0.3) is 0 Å². The Bertz CT molecular complexity index is 531. The Hall–Kier alpha value is -1.79. The fourth-order valence-corrected chi connectivity index (χ4v) is 2.82. The highest BCUT2D eigenvalue weighted by atomic mass is 16.5. The predicted molar refractivity (Wildman–Crippen MR) is 114 cm³/mol. The molecule has 0 aliphatic rings. The molecule has 0 saturated carbocycles. The van der Waals surface area contributed by atoms with Crippen LogP contribution in [0.1, 0.15) is 38.2 Å². The molecule has 0 heterocycles. The Labute approximate surface area is 165 Å². The maximum atomic E-state index is 5.82. The van der Waals surface area contributed by atoms with Gasteiger partial charge in [-0.15, -0.1) is 0 Å². The van der Waals surface area contributed by atoms with Crippen LogP contribution in [0.15, 0.2) is 29.3 Å². The molecule has 1 rings (SSSR count). The summed E-state index contributed by atoms with van der Waals surface area (Å²) in [5.74, 6) is 2.19. The summed E-state index contributed by atoms with van der Waals surface area (Å²) in [5.41, 5.74) is 1.32. The Morgan fingerprint density at radius 3 is 2.41 bits per heavy atom. The zero-order chi connectivity index (χ0) is 20.1. The molecule has 1 aromatic rings. The van der Waals surface area contributed by atoms with Crippen LogP contribution in [0.3, 0.4) is 0 Å². The molecule has 0 fully saturated rings. The summed E-state index contributed by atoms with van der Waals surface area (Å²) in [6.45, 7) is 7.64. The van der Waals surface area contributed by atoms with Crippen molar-refractivity contribution >= 4 is 5.96 Å². The number of ether oxygens (including phenoxy) is 2. The monoisotopic (exact) mass is 378 g/mol. The molecule has 6 nitrogen and oxygen atoms in total. The van der Waals surface area contributed by atoms with Gasteiger partial charge in [0, 0.05) is 33.3 Å². The minimum Gasteiger partial charge on any atom is -0.497 e. The number of hydrogen-bond donors (Lipinski definition) is 2. The van der Waals surface area contributed by atoms with Crippen molar-refractivity contribution in [1.29, 1.82) is 0 Å². The van der Waals surface area contributed by atoms with E-state index in [0.717, 1.165) is 50.8 Å². The molecule has 2 atom stereocenters. The molecule has 154 valence electrons. The number of benzene rings is 1. The largest absolute Gasteiger partial charge is 0.497 e. The normalized spacial score (nSPS) is 14.1. The molecule has 0 aliphatic heterocycles. The number of nitrogens with one attached hydrogen (secondary N) is 2. The zero-order valence-electron chi connectivity index (χ0n) is 17.9. The van der Waals surface area contributed by atoms with E-state index in [1.807, 2.05) is 19.1 Å². The molecule has 0 aliphatic carbocycles. The van der Waals surface area contributed by atoms with E-state index >= 15 is 0 Å².